The summed E-state index contributed by atoms with van der Waals surface area (Å²) >= 11 is 5.89. The SMILES string of the molecule is CCOC(=O)c1cnc(SCc2ccccc2)nc1N.COC(=O)COc1ccc(F)cc1F.Nc1nc(SCc2ccccc2)ncc1C=O.Nc1nc(SCc2ccccc2)ncc1C=O.O=c1[nH]c2nc(SCc3ccccc3)ncc2cc1Oc1ccc(F)cc1F. The average molecular weight is 1380 g/mol. The van der Waals surface area contributed by atoms with Gasteiger partial charge in [0, 0.05) is 65.3 Å². The summed E-state index contributed by atoms with van der Waals surface area (Å²) in [6, 6.07) is 47.0. The molecule has 0 unspecified atom stereocenters. The van der Waals surface area contributed by atoms with Crippen molar-refractivity contribution in [3.63, 3.8) is 0 Å². The number of hydrogen-bond acceptors (Lipinski definition) is 24. The molecule has 0 fully saturated rings. The van der Waals surface area contributed by atoms with E-state index in [-0.39, 0.29) is 40.3 Å². The Labute approximate surface area is 563 Å². The molecule has 0 aliphatic rings. The van der Waals surface area contributed by atoms with Crippen LogP contribution in [0.2, 0.25) is 0 Å². The molecule has 29 heteroatoms. The van der Waals surface area contributed by atoms with E-state index < -0.39 is 47.4 Å². The largest absolute Gasteiger partial charge is 0.479 e. The van der Waals surface area contributed by atoms with Gasteiger partial charge in [-0.3, -0.25) is 14.4 Å². The van der Waals surface area contributed by atoms with Crippen molar-refractivity contribution in [2.24, 2.45) is 0 Å². The van der Waals surface area contributed by atoms with Crippen molar-refractivity contribution in [2.45, 2.75) is 50.6 Å². The number of methoxy groups -OCH3 is 1. The van der Waals surface area contributed by atoms with E-state index in [0.29, 0.717) is 79.9 Å². The van der Waals surface area contributed by atoms with Crippen LogP contribution >= 0.6 is 47.0 Å². The molecule has 11 aromatic rings. The molecule has 492 valence electrons. The number of benzene rings is 6. The first-order valence-electron chi connectivity index (χ1n) is 28.3. The average Bonchev–Trinajstić information content (AvgIpc) is 0.830. The van der Waals surface area contributed by atoms with Crippen LogP contribution in [-0.4, -0.2) is 89.7 Å². The molecular weight excluding hydrogens is 1320 g/mol. The van der Waals surface area contributed by atoms with Gasteiger partial charge in [-0.1, -0.05) is 168 Å². The van der Waals surface area contributed by atoms with Gasteiger partial charge in [0.05, 0.1) is 24.8 Å². The second-order valence-electron chi connectivity index (χ2n) is 19.0. The second kappa shape index (κ2) is 38.4. The number of carbonyl (C=O) groups excluding carboxylic acids is 4. The van der Waals surface area contributed by atoms with Gasteiger partial charge in [-0.15, -0.1) is 0 Å². The van der Waals surface area contributed by atoms with Gasteiger partial charge in [0.15, 0.2) is 68.7 Å². The van der Waals surface area contributed by atoms with E-state index in [0.717, 1.165) is 47.1 Å². The van der Waals surface area contributed by atoms with Crippen molar-refractivity contribution in [3.8, 4) is 17.2 Å². The molecule has 0 atom stereocenters. The second-order valence-corrected chi connectivity index (χ2v) is 22.8. The standard InChI is InChI=1S/C20H13F2N3O2S.C14H15N3O2S.2C12H11N3OS.C9H8F2O3/c21-14-6-7-16(15(22)9-14)27-17-8-13-10-23-20(25-18(13)24-19(17)26)28-11-12-4-2-1-3-5-12;1-2-19-13(18)11-8-16-14(17-12(11)15)20-9-10-6-4-3-5-7-10;2*13-11-10(7-16)6-14-12(15-11)17-8-9-4-2-1-3-5-9;1-13-9(12)5-14-8-3-2-6(10)4-7(8)11/h1-10H,11H2,(H,23,24,25,26);3-8H,2,9H2,1H3,(H2,15,16,17);2*1-7H,8H2,(H2,13,14,15);2-4H,5H2,1H3. The van der Waals surface area contributed by atoms with E-state index in [4.69, 9.17) is 31.4 Å². The highest BCUT2D eigenvalue weighted by Gasteiger charge is 2.16. The van der Waals surface area contributed by atoms with Crippen LogP contribution in [-0.2, 0) is 37.3 Å². The number of nitrogens with two attached hydrogens (primary N) is 3. The highest BCUT2D eigenvalue weighted by Crippen LogP contribution is 2.28. The van der Waals surface area contributed by atoms with Gasteiger partial charge in [0.2, 0.25) is 0 Å². The molecule has 11 rings (SSSR count). The van der Waals surface area contributed by atoms with Crippen LogP contribution in [0.25, 0.3) is 11.0 Å². The highest BCUT2D eigenvalue weighted by molar-refractivity contribution is 7.99. The lowest BCUT2D eigenvalue weighted by Crippen LogP contribution is -2.13. The number of esters is 2. The fourth-order valence-corrected chi connectivity index (χ4v) is 10.5. The number of nitrogens with one attached hydrogen (secondary N) is 1. The molecule has 0 spiro atoms. The summed E-state index contributed by atoms with van der Waals surface area (Å²) in [7, 11) is 1.19. The number of aromatic amines is 1. The summed E-state index contributed by atoms with van der Waals surface area (Å²) in [6.07, 6.45) is 7.17. The van der Waals surface area contributed by atoms with Gasteiger partial charge >= 0.3 is 11.9 Å². The van der Waals surface area contributed by atoms with Gasteiger partial charge in [-0.25, -0.2) is 67.0 Å². The van der Waals surface area contributed by atoms with Crippen molar-refractivity contribution in [1.82, 2.24) is 44.9 Å². The molecule has 7 N–H and O–H groups in total. The number of aldehydes is 2. The number of H-pyrrole nitrogens is 1. The molecule has 96 heavy (non-hydrogen) atoms. The number of fused-ring (bicyclic) bond motifs is 1. The number of anilines is 3. The van der Waals surface area contributed by atoms with Crippen LogP contribution < -0.4 is 32.2 Å². The van der Waals surface area contributed by atoms with Crippen molar-refractivity contribution >= 4 is 100 Å². The molecule has 0 saturated heterocycles. The van der Waals surface area contributed by atoms with Crippen molar-refractivity contribution in [1.29, 1.82) is 0 Å². The number of thioether (sulfide) groups is 4. The minimum atomic E-state index is -0.900. The van der Waals surface area contributed by atoms with Gasteiger partial charge in [-0.05, 0) is 59.5 Å². The molecule has 21 nitrogen and oxygen atoms in total. The van der Waals surface area contributed by atoms with E-state index in [1.165, 1.54) is 95.5 Å². The van der Waals surface area contributed by atoms with Crippen LogP contribution in [0, 0.1) is 23.3 Å². The van der Waals surface area contributed by atoms with Crippen LogP contribution in [0.3, 0.4) is 0 Å². The summed E-state index contributed by atoms with van der Waals surface area (Å²) in [4.78, 5) is 91.3. The number of pyridine rings is 1. The van der Waals surface area contributed by atoms with Crippen LogP contribution in [0.15, 0.2) is 214 Å². The molecule has 6 aromatic carbocycles. The van der Waals surface area contributed by atoms with E-state index in [1.807, 2.05) is 121 Å². The van der Waals surface area contributed by atoms with E-state index in [1.54, 1.807) is 13.1 Å². The normalized spacial score (nSPS) is 10.3. The highest BCUT2D eigenvalue weighted by atomic mass is 32.2. The summed E-state index contributed by atoms with van der Waals surface area (Å²) in [6.45, 7) is 1.63. The summed E-state index contributed by atoms with van der Waals surface area (Å²) in [5.74, 6) is -1.27. The molecule has 0 aliphatic carbocycles. The zero-order chi connectivity index (χ0) is 68.6. The zero-order valence-corrected chi connectivity index (χ0v) is 54.2. The lowest BCUT2D eigenvalue weighted by atomic mass is 10.2. The van der Waals surface area contributed by atoms with E-state index >= 15 is 0 Å². The van der Waals surface area contributed by atoms with E-state index in [9.17, 15) is 41.5 Å². The van der Waals surface area contributed by atoms with Gasteiger partial charge < -0.3 is 41.1 Å². The minimum Gasteiger partial charge on any atom is -0.479 e. The Balaban J connectivity index is 0.000000173. The molecular formula is C67H58F4N12O9S4. The third-order valence-corrected chi connectivity index (χ3v) is 15.9. The van der Waals surface area contributed by atoms with Crippen molar-refractivity contribution in [2.75, 3.05) is 37.5 Å². The Hall–Kier alpha value is -10.8. The van der Waals surface area contributed by atoms with Crippen molar-refractivity contribution in [3.05, 3.63) is 261 Å². The minimum absolute atomic E-state index is 0.133. The third-order valence-electron chi connectivity index (χ3n) is 12.2. The maximum Gasteiger partial charge on any atom is 0.343 e. The summed E-state index contributed by atoms with van der Waals surface area (Å²) < 4.78 is 71.2. The topological polar surface area (TPSA) is 319 Å². The Morgan fingerprint density at radius 2 is 0.917 bits per heavy atom. The molecule has 5 aromatic heterocycles. The molecule has 0 amide bonds. The summed E-state index contributed by atoms with van der Waals surface area (Å²) in [5.41, 5.74) is 22.3. The fraction of sp³-hybridized carbons (Fsp3) is 0.119. The number of ether oxygens (including phenoxy) is 4. The Bertz CT molecular complexity index is 4320. The lowest BCUT2D eigenvalue weighted by molar-refractivity contribution is -0.143. The Kier molecular flexibility index (Phi) is 29.1. The number of nitrogens with zero attached hydrogens (tertiary/aromatic N) is 8. The number of hydrogen-bond donors (Lipinski definition) is 4. The first kappa shape index (κ1) is 72.7. The van der Waals surface area contributed by atoms with Gasteiger partial charge in [0.25, 0.3) is 5.56 Å². The molecule has 0 aliphatic heterocycles. The first-order chi connectivity index (χ1) is 46.5. The molecule has 0 bridgehead atoms. The third kappa shape index (κ3) is 24.0. The predicted octanol–water partition coefficient (Wildman–Crippen LogP) is 13.1. The van der Waals surface area contributed by atoms with E-state index in [2.05, 4.69) is 49.6 Å². The Morgan fingerprint density at radius 1 is 0.510 bits per heavy atom. The van der Waals surface area contributed by atoms with Gasteiger partial charge in [-0.2, -0.15) is 0 Å². The zero-order valence-electron chi connectivity index (χ0n) is 50.9. The maximum atomic E-state index is 13.8. The van der Waals surface area contributed by atoms with Crippen LogP contribution in [0.4, 0.5) is 35.0 Å². The maximum absolute atomic E-state index is 13.8. The number of halogens is 4. The van der Waals surface area contributed by atoms with Crippen LogP contribution in [0.5, 0.6) is 17.2 Å². The number of carbonyl (C=O) groups is 4. The number of rotatable bonds is 21. The lowest BCUT2D eigenvalue weighted by Gasteiger charge is -2.07. The quantitative estimate of drug-likeness (QED) is 0.0171. The molecule has 0 radical (unpaired) electrons. The Morgan fingerprint density at radius 3 is 1.31 bits per heavy atom. The predicted molar refractivity (Wildman–Crippen MR) is 361 cm³/mol. The fourth-order valence-electron chi connectivity index (χ4n) is 7.36. The summed E-state index contributed by atoms with van der Waals surface area (Å²) in [5, 5.41) is 2.75. The van der Waals surface area contributed by atoms with Crippen LogP contribution in [0.1, 0.15) is 60.3 Å². The molecule has 5 heterocycles. The van der Waals surface area contributed by atoms with Gasteiger partial charge in [0.1, 0.15) is 40.3 Å². The first-order valence-corrected chi connectivity index (χ1v) is 32.2. The number of aromatic nitrogens is 9. The van der Waals surface area contributed by atoms with Crippen molar-refractivity contribution < 1.29 is 55.7 Å². The molecule has 0 saturated carbocycles. The number of nitrogen functional groups attached to an aromatic ring is 3. The monoisotopic (exact) mass is 1380 g/mol. The smallest absolute Gasteiger partial charge is 0.343 e.